The number of aryl methyl sites for hydroxylation is 1. The van der Waals surface area contributed by atoms with Crippen molar-refractivity contribution in [2.75, 3.05) is 26.9 Å². The maximum atomic E-state index is 9.83. The third kappa shape index (κ3) is 4.68. The Balaban J connectivity index is 1.75. The normalized spacial score (nSPS) is 20.1. The van der Waals surface area contributed by atoms with Crippen LogP contribution in [-0.4, -0.2) is 49.4 Å². The molecular formula is C16H24O5. The molecular weight excluding hydrogens is 272 g/mol. The van der Waals surface area contributed by atoms with Crippen molar-refractivity contribution in [2.24, 2.45) is 0 Å². The molecule has 1 aliphatic carbocycles. The van der Waals surface area contributed by atoms with Gasteiger partial charge in [0.05, 0.1) is 25.4 Å². The molecule has 0 fully saturated rings. The van der Waals surface area contributed by atoms with Crippen LogP contribution in [0.2, 0.25) is 0 Å². The number of hydrogen-bond donors (Lipinski definition) is 2. The van der Waals surface area contributed by atoms with Gasteiger partial charge in [-0.2, -0.15) is 0 Å². The van der Waals surface area contributed by atoms with Gasteiger partial charge in [0.25, 0.3) is 0 Å². The van der Waals surface area contributed by atoms with E-state index in [9.17, 15) is 10.2 Å². The molecule has 1 aromatic rings. The zero-order valence-corrected chi connectivity index (χ0v) is 12.6. The molecule has 0 saturated carbocycles. The van der Waals surface area contributed by atoms with Crippen LogP contribution in [0.5, 0.6) is 5.75 Å². The van der Waals surface area contributed by atoms with Gasteiger partial charge in [-0.15, -0.1) is 0 Å². The molecule has 0 heterocycles. The molecule has 0 aliphatic heterocycles. The smallest absolute Gasteiger partial charge is 0.119 e. The molecule has 0 bridgehead atoms. The van der Waals surface area contributed by atoms with Crippen molar-refractivity contribution in [1.82, 2.24) is 0 Å². The van der Waals surface area contributed by atoms with Gasteiger partial charge in [-0.05, 0) is 43.0 Å². The monoisotopic (exact) mass is 296 g/mol. The first kappa shape index (κ1) is 16.2. The van der Waals surface area contributed by atoms with Gasteiger partial charge in [-0.1, -0.05) is 6.07 Å². The second-order valence-corrected chi connectivity index (χ2v) is 5.48. The van der Waals surface area contributed by atoms with Gasteiger partial charge in [0.2, 0.25) is 0 Å². The molecule has 5 heteroatoms. The van der Waals surface area contributed by atoms with E-state index in [4.69, 9.17) is 14.2 Å². The summed E-state index contributed by atoms with van der Waals surface area (Å²) in [5.74, 6) is 0.715. The van der Waals surface area contributed by atoms with E-state index in [1.54, 1.807) is 7.11 Å². The minimum atomic E-state index is -0.678. The lowest BCUT2D eigenvalue weighted by Crippen LogP contribution is -2.27. The standard InChI is InChI=1S/C16H24O5/c1-11(8-19-2)20-9-13(17)10-21-14-4-5-15-12(7-14)3-6-16(15)18/h4-5,7,11,13,16-18H,3,6,8-10H2,1-2H3/t11?,13?,16-/m0/s1. The summed E-state index contributed by atoms with van der Waals surface area (Å²) in [5, 5.41) is 19.6. The third-order valence-electron chi connectivity index (χ3n) is 3.58. The average molecular weight is 296 g/mol. The van der Waals surface area contributed by atoms with Crippen LogP contribution in [0.25, 0.3) is 0 Å². The fourth-order valence-corrected chi connectivity index (χ4v) is 2.46. The predicted molar refractivity (Wildman–Crippen MR) is 78.5 cm³/mol. The van der Waals surface area contributed by atoms with Crippen molar-refractivity contribution in [1.29, 1.82) is 0 Å². The largest absolute Gasteiger partial charge is 0.491 e. The van der Waals surface area contributed by atoms with Gasteiger partial charge in [0.15, 0.2) is 0 Å². The van der Waals surface area contributed by atoms with Crippen molar-refractivity contribution < 1.29 is 24.4 Å². The van der Waals surface area contributed by atoms with Gasteiger partial charge in [-0.3, -0.25) is 0 Å². The van der Waals surface area contributed by atoms with Crippen LogP contribution in [0.4, 0.5) is 0 Å². The van der Waals surface area contributed by atoms with Crippen molar-refractivity contribution in [2.45, 2.75) is 38.1 Å². The minimum Gasteiger partial charge on any atom is -0.491 e. The van der Waals surface area contributed by atoms with Crippen LogP contribution >= 0.6 is 0 Å². The fraction of sp³-hybridized carbons (Fsp3) is 0.625. The molecule has 21 heavy (non-hydrogen) atoms. The highest BCUT2D eigenvalue weighted by Gasteiger charge is 2.20. The number of aliphatic hydroxyl groups is 2. The van der Waals surface area contributed by atoms with E-state index >= 15 is 0 Å². The van der Waals surface area contributed by atoms with Crippen LogP contribution in [-0.2, 0) is 15.9 Å². The molecule has 5 nitrogen and oxygen atoms in total. The zero-order valence-electron chi connectivity index (χ0n) is 12.6. The Bertz CT molecular complexity index is 448. The Morgan fingerprint density at radius 2 is 2.10 bits per heavy atom. The summed E-state index contributed by atoms with van der Waals surface area (Å²) in [6.07, 6.45) is 0.560. The summed E-state index contributed by atoms with van der Waals surface area (Å²) in [4.78, 5) is 0. The minimum absolute atomic E-state index is 0.0499. The Morgan fingerprint density at radius 3 is 2.86 bits per heavy atom. The highest BCUT2D eigenvalue weighted by atomic mass is 16.5. The van der Waals surface area contributed by atoms with Crippen LogP contribution in [0, 0.1) is 0 Å². The van der Waals surface area contributed by atoms with Crippen molar-refractivity contribution in [3.63, 3.8) is 0 Å². The van der Waals surface area contributed by atoms with E-state index in [0.29, 0.717) is 12.4 Å². The van der Waals surface area contributed by atoms with E-state index in [0.717, 1.165) is 24.0 Å². The van der Waals surface area contributed by atoms with Crippen LogP contribution in [0.3, 0.4) is 0 Å². The molecule has 0 saturated heterocycles. The lowest BCUT2D eigenvalue weighted by atomic mass is 10.1. The van der Waals surface area contributed by atoms with Gasteiger partial charge in [0.1, 0.15) is 18.5 Å². The molecule has 2 unspecified atom stereocenters. The molecule has 3 atom stereocenters. The molecule has 0 radical (unpaired) electrons. The fourth-order valence-electron chi connectivity index (χ4n) is 2.46. The second-order valence-electron chi connectivity index (χ2n) is 5.48. The molecule has 1 aliphatic rings. The van der Waals surface area contributed by atoms with Crippen molar-refractivity contribution in [3.8, 4) is 5.75 Å². The van der Waals surface area contributed by atoms with E-state index in [2.05, 4.69) is 0 Å². The second kappa shape index (κ2) is 7.75. The number of ether oxygens (including phenoxy) is 3. The first-order valence-corrected chi connectivity index (χ1v) is 7.32. The van der Waals surface area contributed by atoms with Crippen molar-refractivity contribution in [3.05, 3.63) is 29.3 Å². The summed E-state index contributed by atoms with van der Waals surface area (Å²) in [6, 6.07) is 5.66. The summed E-state index contributed by atoms with van der Waals surface area (Å²) in [5.41, 5.74) is 2.11. The summed E-state index contributed by atoms with van der Waals surface area (Å²) >= 11 is 0. The molecule has 118 valence electrons. The summed E-state index contributed by atoms with van der Waals surface area (Å²) < 4.78 is 16.0. The van der Waals surface area contributed by atoms with Gasteiger partial charge in [0, 0.05) is 7.11 Å². The van der Waals surface area contributed by atoms with Gasteiger partial charge in [-0.25, -0.2) is 0 Å². The topological polar surface area (TPSA) is 68.2 Å². The van der Waals surface area contributed by atoms with Crippen LogP contribution in [0.1, 0.15) is 30.6 Å². The number of methoxy groups -OCH3 is 1. The van der Waals surface area contributed by atoms with E-state index < -0.39 is 6.10 Å². The zero-order chi connectivity index (χ0) is 15.2. The molecule has 0 amide bonds. The number of benzene rings is 1. The Hall–Kier alpha value is -1.14. The maximum Gasteiger partial charge on any atom is 0.119 e. The van der Waals surface area contributed by atoms with Gasteiger partial charge >= 0.3 is 0 Å². The highest BCUT2D eigenvalue weighted by molar-refractivity contribution is 5.39. The van der Waals surface area contributed by atoms with Gasteiger partial charge < -0.3 is 24.4 Å². The molecule has 0 spiro atoms. The third-order valence-corrected chi connectivity index (χ3v) is 3.58. The molecule has 0 aromatic heterocycles. The number of hydrogen-bond acceptors (Lipinski definition) is 5. The highest BCUT2D eigenvalue weighted by Crippen LogP contribution is 2.33. The predicted octanol–water partition coefficient (Wildman–Crippen LogP) is 1.46. The number of fused-ring (bicyclic) bond motifs is 1. The van der Waals surface area contributed by atoms with E-state index in [1.165, 1.54) is 0 Å². The van der Waals surface area contributed by atoms with Crippen molar-refractivity contribution >= 4 is 0 Å². The Labute approximate surface area is 125 Å². The summed E-state index contributed by atoms with van der Waals surface area (Å²) in [7, 11) is 1.62. The lowest BCUT2D eigenvalue weighted by molar-refractivity contribution is -0.0423. The number of rotatable bonds is 8. The lowest BCUT2D eigenvalue weighted by Gasteiger charge is -2.16. The first-order valence-electron chi connectivity index (χ1n) is 7.32. The first-order chi connectivity index (χ1) is 10.1. The Morgan fingerprint density at radius 1 is 1.29 bits per heavy atom. The van der Waals surface area contributed by atoms with E-state index in [1.807, 2.05) is 25.1 Å². The molecule has 1 aromatic carbocycles. The Kier molecular flexibility index (Phi) is 5.99. The maximum absolute atomic E-state index is 9.83. The summed E-state index contributed by atoms with van der Waals surface area (Å²) in [6.45, 7) is 2.79. The quantitative estimate of drug-likeness (QED) is 0.760. The SMILES string of the molecule is COCC(C)OCC(O)COc1ccc2c(c1)CC[C@@H]2O. The number of aliphatic hydroxyl groups excluding tert-OH is 2. The van der Waals surface area contributed by atoms with Crippen LogP contribution in [0.15, 0.2) is 18.2 Å². The molecule has 2 N–H and O–H groups in total. The molecule has 2 rings (SSSR count). The van der Waals surface area contributed by atoms with E-state index in [-0.39, 0.29) is 25.4 Å². The van der Waals surface area contributed by atoms with Crippen LogP contribution < -0.4 is 4.74 Å². The average Bonchev–Trinajstić information content (AvgIpc) is 2.84.